The van der Waals surface area contributed by atoms with Crippen molar-refractivity contribution in [3.8, 4) is 0 Å². The molecule has 0 aromatic heterocycles. The molecule has 1 spiro atoms. The van der Waals surface area contributed by atoms with Gasteiger partial charge in [0, 0.05) is 12.8 Å². The highest BCUT2D eigenvalue weighted by atomic mass is 16.8. The zero-order valence-corrected chi connectivity index (χ0v) is 8.46. The second-order valence-electron chi connectivity index (χ2n) is 4.53. The Morgan fingerprint density at radius 2 is 1.93 bits per heavy atom. The number of ether oxygens (including phenoxy) is 3. The van der Waals surface area contributed by atoms with Gasteiger partial charge in [-0.1, -0.05) is 0 Å². The Bertz CT molecular complexity index is 250. The van der Waals surface area contributed by atoms with Crippen LogP contribution in [0.2, 0.25) is 0 Å². The SMILES string of the molecule is OC[C@@H]1O[C@H]2OC3(CCCC3)O[C@H]2[C@@H]1O. The van der Waals surface area contributed by atoms with Gasteiger partial charge in [0.15, 0.2) is 12.1 Å². The second kappa shape index (κ2) is 3.40. The maximum absolute atomic E-state index is 9.81. The van der Waals surface area contributed by atoms with Gasteiger partial charge in [-0.25, -0.2) is 0 Å². The summed E-state index contributed by atoms with van der Waals surface area (Å²) < 4.78 is 16.9. The molecule has 1 saturated carbocycles. The summed E-state index contributed by atoms with van der Waals surface area (Å²) in [6.45, 7) is -0.201. The lowest BCUT2D eigenvalue weighted by molar-refractivity contribution is -0.232. The van der Waals surface area contributed by atoms with Crippen LogP contribution in [0.1, 0.15) is 25.7 Å². The molecular weight excluding hydrogens is 200 g/mol. The van der Waals surface area contributed by atoms with E-state index in [1.807, 2.05) is 0 Å². The third-order valence-corrected chi connectivity index (χ3v) is 3.52. The highest BCUT2D eigenvalue weighted by Crippen LogP contribution is 2.45. The highest BCUT2D eigenvalue weighted by molar-refractivity contribution is 4.96. The lowest BCUT2D eigenvalue weighted by Gasteiger charge is -2.25. The Labute approximate surface area is 87.9 Å². The maximum atomic E-state index is 9.81. The zero-order valence-electron chi connectivity index (χ0n) is 8.46. The zero-order chi connectivity index (χ0) is 10.5. The fourth-order valence-corrected chi connectivity index (χ4v) is 2.71. The van der Waals surface area contributed by atoms with Gasteiger partial charge in [0.25, 0.3) is 0 Å². The minimum atomic E-state index is -0.778. The highest BCUT2D eigenvalue weighted by Gasteiger charge is 2.57. The van der Waals surface area contributed by atoms with Crippen molar-refractivity contribution >= 4 is 0 Å². The van der Waals surface area contributed by atoms with Gasteiger partial charge < -0.3 is 24.4 Å². The number of fused-ring (bicyclic) bond motifs is 1. The third-order valence-electron chi connectivity index (χ3n) is 3.52. The number of aliphatic hydroxyl groups is 2. The monoisotopic (exact) mass is 216 g/mol. The van der Waals surface area contributed by atoms with E-state index < -0.39 is 30.4 Å². The van der Waals surface area contributed by atoms with Gasteiger partial charge in [0.2, 0.25) is 0 Å². The first-order valence-corrected chi connectivity index (χ1v) is 5.54. The molecule has 3 aliphatic rings. The van der Waals surface area contributed by atoms with Gasteiger partial charge in [0.1, 0.15) is 18.3 Å². The Balaban J connectivity index is 1.73. The Kier molecular flexibility index (Phi) is 2.26. The molecule has 0 bridgehead atoms. The van der Waals surface area contributed by atoms with Crippen molar-refractivity contribution in [2.45, 2.75) is 56.1 Å². The lowest BCUT2D eigenvalue weighted by atomic mass is 10.1. The van der Waals surface area contributed by atoms with Crippen LogP contribution in [-0.4, -0.2) is 47.2 Å². The van der Waals surface area contributed by atoms with E-state index in [1.54, 1.807) is 0 Å². The van der Waals surface area contributed by atoms with Gasteiger partial charge in [-0.3, -0.25) is 0 Å². The van der Waals surface area contributed by atoms with E-state index in [9.17, 15) is 5.11 Å². The van der Waals surface area contributed by atoms with Crippen LogP contribution in [0.5, 0.6) is 0 Å². The minimum Gasteiger partial charge on any atom is -0.394 e. The molecule has 2 heterocycles. The Morgan fingerprint density at radius 1 is 1.20 bits per heavy atom. The molecule has 0 radical (unpaired) electrons. The molecule has 2 N–H and O–H groups in total. The van der Waals surface area contributed by atoms with Crippen molar-refractivity contribution in [3.05, 3.63) is 0 Å². The standard InChI is InChI=1S/C10H16O5/c11-5-6-7(12)8-9(13-6)15-10(14-8)3-1-2-4-10/h6-9,11-12H,1-5H2/t6-,7+,8-,9-/m0/s1. The van der Waals surface area contributed by atoms with E-state index in [4.69, 9.17) is 19.3 Å². The summed E-state index contributed by atoms with van der Waals surface area (Å²) in [7, 11) is 0. The first kappa shape index (κ1) is 9.99. The fraction of sp³-hybridized carbons (Fsp3) is 1.00. The molecule has 1 aliphatic carbocycles. The van der Waals surface area contributed by atoms with E-state index in [-0.39, 0.29) is 6.61 Å². The summed E-state index contributed by atoms with van der Waals surface area (Å²) in [4.78, 5) is 0. The lowest BCUT2D eigenvalue weighted by Crippen LogP contribution is -2.37. The molecule has 0 amide bonds. The van der Waals surface area contributed by atoms with Crippen molar-refractivity contribution in [3.63, 3.8) is 0 Å². The van der Waals surface area contributed by atoms with E-state index >= 15 is 0 Å². The first-order chi connectivity index (χ1) is 7.24. The quantitative estimate of drug-likeness (QED) is 0.632. The molecule has 0 unspecified atom stereocenters. The van der Waals surface area contributed by atoms with Crippen LogP contribution in [0.15, 0.2) is 0 Å². The van der Waals surface area contributed by atoms with Crippen LogP contribution in [0.25, 0.3) is 0 Å². The average Bonchev–Trinajstić information content (AvgIpc) is 2.88. The summed E-state index contributed by atoms with van der Waals surface area (Å²) in [6.07, 6.45) is 1.66. The molecule has 3 rings (SSSR count). The van der Waals surface area contributed by atoms with E-state index in [0.29, 0.717) is 0 Å². The summed E-state index contributed by atoms with van der Waals surface area (Å²) in [6, 6.07) is 0. The molecule has 2 aliphatic heterocycles. The predicted octanol–water partition coefficient (Wildman–Crippen LogP) is -0.250. The summed E-state index contributed by atoms with van der Waals surface area (Å²) in [5.41, 5.74) is 0. The van der Waals surface area contributed by atoms with Crippen molar-refractivity contribution in [1.29, 1.82) is 0 Å². The molecule has 4 atom stereocenters. The van der Waals surface area contributed by atoms with Crippen LogP contribution >= 0.6 is 0 Å². The van der Waals surface area contributed by atoms with Gasteiger partial charge >= 0.3 is 0 Å². The van der Waals surface area contributed by atoms with Crippen molar-refractivity contribution in [2.75, 3.05) is 6.61 Å². The second-order valence-corrected chi connectivity index (χ2v) is 4.53. The largest absolute Gasteiger partial charge is 0.394 e. The summed E-state index contributed by atoms with van der Waals surface area (Å²) in [5, 5.41) is 18.8. The molecule has 86 valence electrons. The first-order valence-electron chi connectivity index (χ1n) is 5.54. The molecule has 0 aromatic carbocycles. The smallest absolute Gasteiger partial charge is 0.190 e. The van der Waals surface area contributed by atoms with Gasteiger partial charge in [-0.2, -0.15) is 0 Å². The molecule has 0 aromatic rings. The van der Waals surface area contributed by atoms with Crippen molar-refractivity contribution < 1.29 is 24.4 Å². The summed E-state index contributed by atoms with van der Waals surface area (Å²) >= 11 is 0. The van der Waals surface area contributed by atoms with E-state index in [2.05, 4.69) is 0 Å². The molecule has 15 heavy (non-hydrogen) atoms. The average molecular weight is 216 g/mol. The third kappa shape index (κ3) is 1.42. The fourth-order valence-electron chi connectivity index (χ4n) is 2.71. The number of hydrogen-bond donors (Lipinski definition) is 2. The maximum Gasteiger partial charge on any atom is 0.190 e. The molecule has 3 fully saturated rings. The minimum absolute atomic E-state index is 0.201. The van der Waals surface area contributed by atoms with Gasteiger partial charge in [0.05, 0.1) is 6.61 Å². The van der Waals surface area contributed by atoms with Gasteiger partial charge in [-0.15, -0.1) is 0 Å². The Hall–Kier alpha value is -0.200. The van der Waals surface area contributed by atoms with E-state index in [1.165, 1.54) is 0 Å². The van der Waals surface area contributed by atoms with Crippen LogP contribution in [0.4, 0.5) is 0 Å². The number of hydrogen-bond acceptors (Lipinski definition) is 5. The normalized spacial score (nSPS) is 47.6. The number of rotatable bonds is 1. The van der Waals surface area contributed by atoms with Crippen LogP contribution in [0.3, 0.4) is 0 Å². The molecular formula is C10H16O5. The van der Waals surface area contributed by atoms with E-state index in [0.717, 1.165) is 25.7 Å². The van der Waals surface area contributed by atoms with Crippen LogP contribution in [-0.2, 0) is 14.2 Å². The molecule has 5 heteroatoms. The summed E-state index contributed by atoms with van der Waals surface area (Å²) in [5.74, 6) is -0.517. The molecule has 5 nitrogen and oxygen atoms in total. The van der Waals surface area contributed by atoms with Gasteiger partial charge in [-0.05, 0) is 12.8 Å². The van der Waals surface area contributed by atoms with Crippen molar-refractivity contribution in [1.82, 2.24) is 0 Å². The number of aliphatic hydroxyl groups excluding tert-OH is 2. The topological polar surface area (TPSA) is 68.2 Å². The molecule has 2 saturated heterocycles. The van der Waals surface area contributed by atoms with Crippen LogP contribution < -0.4 is 0 Å². The predicted molar refractivity (Wildman–Crippen MR) is 48.9 cm³/mol. The Morgan fingerprint density at radius 3 is 2.53 bits per heavy atom. The van der Waals surface area contributed by atoms with Crippen LogP contribution in [0, 0.1) is 0 Å². The van der Waals surface area contributed by atoms with Crippen molar-refractivity contribution in [2.24, 2.45) is 0 Å².